The Bertz CT molecular complexity index is 1690. The molecule has 0 radical (unpaired) electrons. The van der Waals surface area contributed by atoms with Crippen LogP contribution < -0.4 is 0 Å². The molecule has 7 rings (SSSR count). The van der Waals surface area contributed by atoms with Crippen LogP contribution in [0.4, 0.5) is 0 Å². The van der Waals surface area contributed by atoms with Gasteiger partial charge in [-0.3, -0.25) is 0 Å². The molecular formula is C31H20O. The van der Waals surface area contributed by atoms with Crippen molar-refractivity contribution in [2.75, 3.05) is 0 Å². The molecule has 0 fully saturated rings. The average Bonchev–Trinajstić information content (AvgIpc) is 3.11. The molecule has 1 aliphatic carbocycles. The molecule has 0 amide bonds. The highest BCUT2D eigenvalue weighted by molar-refractivity contribution is 6.10. The standard InChI is InChI=1S/C31H20O/c32-31(29-19-22-11-3-4-12-23(22)24-13-5-6-14-25(24)29)28-16-8-7-15-26(28)27-17-20-9-1-2-10-21(20)18-30(27)31/h1-19,32H. The normalized spacial score (nSPS) is 17.0. The maximum atomic E-state index is 12.7. The van der Waals surface area contributed by atoms with Crippen molar-refractivity contribution in [3.8, 4) is 11.1 Å². The molecule has 150 valence electrons. The fourth-order valence-electron chi connectivity index (χ4n) is 5.58. The van der Waals surface area contributed by atoms with E-state index in [2.05, 4.69) is 109 Å². The van der Waals surface area contributed by atoms with Crippen LogP contribution >= 0.6 is 0 Å². The predicted octanol–water partition coefficient (Wildman–Crippen LogP) is 7.41. The Kier molecular flexibility index (Phi) is 3.48. The molecule has 1 nitrogen and oxygen atoms in total. The molecular weight excluding hydrogens is 388 g/mol. The van der Waals surface area contributed by atoms with Gasteiger partial charge in [0.1, 0.15) is 5.60 Å². The minimum absolute atomic E-state index is 0.938. The van der Waals surface area contributed by atoms with Crippen molar-refractivity contribution in [2.45, 2.75) is 5.60 Å². The van der Waals surface area contributed by atoms with E-state index in [0.717, 1.165) is 44.0 Å². The van der Waals surface area contributed by atoms with E-state index in [1.807, 2.05) is 6.07 Å². The van der Waals surface area contributed by atoms with Crippen LogP contribution in [0.15, 0.2) is 115 Å². The van der Waals surface area contributed by atoms with Gasteiger partial charge in [-0.15, -0.1) is 0 Å². The molecule has 0 aliphatic heterocycles. The first-order chi connectivity index (χ1) is 15.7. The highest BCUT2D eigenvalue weighted by Gasteiger charge is 2.44. The second-order valence-corrected chi connectivity index (χ2v) is 8.69. The van der Waals surface area contributed by atoms with Gasteiger partial charge in [0, 0.05) is 16.7 Å². The summed E-state index contributed by atoms with van der Waals surface area (Å²) in [5.74, 6) is 0. The third kappa shape index (κ3) is 2.21. The number of hydrogen-bond donors (Lipinski definition) is 1. The first kappa shape index (κ1) is 17.7. The van der Waals surface area contributed by atoms with Crippen LogP contribution in [-0.2, 0) is 5.60 Å². The highest BCUT2D eigenvalue weighted by atomic mass is 16.3. The first-order valence-electron chi connectivity index (χ1n) is 11.0. The van der Waals surface area contributed by atoms with E-state index in [1.165, 1.54) is 16.2 Å². The van der Waals surface area contributed by atoms with Crippen molar-refractivity contribution in [3.63, 3.8) is 0 Å². The van der Waals surface area contributed by atoms with Crippen molar-refractivity contribution < 1.29 is 5.11 Å². The summed E-state index contributed by atoms with van der Waals surface area (Å²) in [6, 6.07) is 40.1. The molecule has 1 unspecified atom stereocenters. The van der Waals surface area contributed by atoms with Gasteiger partial charge in [-0.05, 0) is 61.6 Å². The number of hydrogen-bond acceptors (Lipinski definition) is 1. The van der Waals surface area contributed by atoms with Gasteiger partial charge < -0.3 is 5.11 Å². The predicted molar refractivity (Wildman–Crippen MR) is 133 cm³/mol. The molecule has 6 aromatic carbocycles. The Balaban J connectivity index is 1.67. The minimum Gasteiger partial charge on any atom is -0.376 e. The highest BCUT2D eigenvalue weighted by Crippen LogP contribution is 2.53. The van der Waals surface area contributed by atoms with E-state index in [1.54, 1.807) is 0 Å². The first-order valence-corrected chi connectivity index (χ1v) is 11.0. The number of benzene rings is 6. The van der Waals surface area contributed by atoms with Gasteiger partial charge in [0.2, 0.25) is 0 Å². The van der Waals surface area contributed by atoms with Gasteiger partial charge in [0.05, 0.1) is 0 Å². The minimum atomic E-state index is -1.22. The second kappa shape index (κ2) is 6.29. The van der Waals surface area contributed by atoms with Crippen molar-refractivity contribution in [2.24, 2.45) is 0 Å². The zero-order valence-electron chi connectivity index (χ0n) is 17.4. The summed E-state index contributed by atoms with van der Waals surface area (Å²) in [5.41, 5.74) is 3.84. The molecule has 32 heavy (non-hydrogen) atoms. The molecule has 0 spiro atoms. The summed E-state index contributed by atoms with van der Waals surface area (Å²) in [4.78, 5) is 0. The van der Waals surface area contributed by atoms with Gasteiger partial charge in [-0.25, -0.2) is 0 Å². The van der Waals surface area contributed by atoms with Gasteiger partial charge in [-0.1, -0.05) is 97.1 Å². The molecule has 1 N–H and O–H groups in total. The van der Waals surface area contributed by atoms with E-state index in [0.29, 0.717) is 0 Å². The molecule has 0 bridgehead atoms. The van der Waals surface area contributed by atoms with Crippen LogP contribution in [0, 0.1) is 0 Å². The van der Waals surface area contributed by atoms with Crippen molar-refractivity contribution in [3.05, 3.63) is 132 Å². The Hall–Kier alpha value is -3.94. The Morgan fingerprint density at radius 1 is 0.406 bits per heavy atom. The second-order valence-electron chi connectivity index (χ2n) is 8.69. The summed E-state index contributed by atoms with van der Waals surface area (Å²) in [6.45, 7) is 0. The average molecular weight is 409 g/mol. The quantitative estimate of drug-likeness (QED) is 0.281. The fourth-order valence-corrected chi connectivity index (χ4v) is 5.58. The van der Waals surface area contributed by atoms with Gasteiger partial charge in [-0.2, -0.15) is 0 Å². The summed E-state index contributed by atoms with van der Waals surface area (Å²) < 4.78 is 0. The van der Waals surface area contributed by atoms with Crippen molar-refractivity contribution in [1.82, 2.24) is 0 Å². The molecule has 6 aromatic rings. The number of aliphatic hydroxyl groups is 1. The molecule has 0 saturated carbocycles. The third-order valence-corrected chi connectivity index (χ3v) is 7.04. The van der Waals surface area contributed by atoms with E-state index in [-0.39, 0.29) is 0 Å². The van der Waals surface area contributed by atoms with Crippen LogP contribution in [0.2, 0.25) is 0 Å². The van der Waals surface area contributed by atoms with Crippen LogP contribution in [0.5, 0.6) is 0 Å². The Morgan fingerprint density at radius 2 is 0.969 bits per heavy atom. The molecule has 0 aromatic heterocycles. The number of rotatable bonds is 1. The van der Waals surface area contributed by atoms with Crippen LogP contribution in [0.25, 0.3) is 43.4 Å². The smallest absolute Gasteiger partial charge is 0.142 e. The lowest BCUT2D eigenvalue weighted by Gasteiger charge is -2.29. The van der Waals surface area contributed by atoms with Gasteiger partial charge >= 0.3 is 0 Å². The topological polar surface area (TPSA) is 20.2 Å². The van der Waals surface area contributed by atoms with E-state index in [4.69, 9.17) is 0 Å². The maximum absolute atomic E-state index is 12.7. The molecule has 1 aliphatic rings. The SMILES string of the molecule is OC1(c2cc3ccccc3c3ccccc23)c2ccccc2-c2cc3ccccc3cc21. The van der Waals surface area contributed by atoms with Gasteiger partial charge in [0.25, 0.3) is 0 Å². The lowest BCUT2D eigenvalue weighted by Crippen LogP contribution is -2.26. The molecule has 1 atom stereocenters. The summed E-state index contributed by atoms with van der Waals surface area (Å²) in [6.07, 6.45) is 0. The van der Waals surface area contributed by atoms with Crippen molar-refractivity contribution in [1.29, 1.82) is 0 Å². The van der Waals surface area contributed by atoms with E-state index in [9.17, 15) is 5.11 Å². The Morgan fingerprint density at radius 3 is 1.78 bits per heavy atom. The van der Waals surface area contributed by atoms with Crippen LogP contribution in [-0.4, -0.2) is 5.11 Å². The summed E-state index contributed by atoms with van der Waals surface area (Å²) >= 11 is 0. The number of fused-ring (bicyclic) bond motifs is 7. The van der Waals surface area contributed by atoms with E-state index < -0.39 is 5.60 Å². The third-order valence-electron chi connectivity index (χ3n) is 7.04. The molecule has 1 heteroatoms. The maximum Gasteiger partial charge on any atom is 0.142 e. The fraction of sp³-hybridized carbons (Fsp3) is 0.0323. The Labute approximate surface area is 186 Å². The van der Waals surface area contributed by atoms with Crippen molar-refractivity contribution >= 4 is 32.3 Å². The van der Waals surface area contributed by atoms with Crippen LogP contribution in [0.1, 0.15) is 16.7 Å². The lowest BCUT2D eigenvalue weighted by atomic mass is 9.80. The largest absolute Gasteiger partial charge is 0.376 e. The zero-order chi connectivity index (χ0) is 21.3. The van der Waals surface area contributed by atoms with Gasteiger partial charge in [0.15, 0.2) is 0 Å². The monoisotopic (exact) mass is 408 g/mol. The zero-order valence-corrected chi connectivity index (χ0v) is 17.4. The summed E-state index contributed by atoms with van der Waals surface area (Å²) in [7, 11) is 0. The lowest BCUT2D eigenvalue weighted by molar-refractivity contribution is 0.132. The van der Waals surface area contributed by atoms with E-state index >= 15 is 0 Å². The molecule has 0 heterocycles. The summed E-state index contributed by atoms with van der Waals surface area (Å²) in [5, 5.41) is 19.6. The molecule has 0 saturated heterocycles. The van der Waals surface area contributed by atoms with Crippen LogP contribution in [0.3, 0.4) is 0 Å².